The highest BCUT2D eigenvalue weighted by molar-refractivity contribution is 6.02. The van der Waals surface area contributed by atoms with Gasteiger partial charge in [0.25, 0.3) is 12.2 Å². The van der Waals surface area contributed by atoms with Crippen LogP contribution in [0.1, 0.15) is 40.7 Å². The van der Waals surface area contributed by atoms with Crippen molar-refractivity contribution in [3.8, 4) is 17.2 Å². The van der Waals surface area contributed by atoms with E-state index in [0.717, 1.165) is 35.9 Å². The smallest absolute Gasteiger partial charge is 0.292 e. The third kappa shape index (κ3) is 5.34. The molecule has 4 aromatic rings. The summed E-state index contributed by atoms with van der Waals surface area (Å²) in [5.41, 5.74) is 3.91. The Kier molecular flexibility index (Phi) is 7.20. The van der Waals surface area contributed by atoms with Crippen LogP contribution < -0.4 is 18.9 Å². The molecule has 6 nitrogen and oxygen atoms in total. The number of quaternary nitrogens is 1. The molecule has 1 aromatic heterocycles. The number of nitrogens with one attached hydrogen (secondary N) is 1. The topological polar surface area (TPSA) is 64.1 Å². The Bertz CT molecular complexity index is 1470. The molecule has 0 saturated carbocycles. The lowest BCUT2D eigenvalue weighted by Crippen LogP contribution is -3.11. The Morgan fingerprint density at radius 1 is 0.974 bits per heavy atom. The number of aromatic nitrogens is 1. The van der Waals surface area contributed by atoms with Gasteiger partial charge in [-0.3, -0.25) is 4.79 Å². The molecule has 200 valence electrons. The zero-order valence-corrected chi connectivity index (χ0v) is 22.4. The Balaban J connectivity index is 1.11. The van der Waals surface area contributed by atoms with E-state index in [-0.39, 0.29) is 24.2 Å². The maximum absolute atomic E-state index is 13.5. The van der Waals surface area contributed by atoms with Crippen LogP contribution in [0.4, 0.5) is 0 Å². The number of carbonyl (C=O) groups is 1. The van der Waals surface area contributed by atoms with Crippen LogP contribution >= 0.6 is 0 Å². The average molecular weight is 525 g/mol. The molecule has 39 heavy (non-hydrogen) atoms. The van der Waals surface area contributed by atoms with Crippen molar-refractivity contribution in [1.29, 1.82) is 0 Å². The van der Waals surface area contributed by atoms with Gasteiger partial charge in [0.05, 0.1) is 25.6 Å². The van der Waals surface area contributed by atoms with Gasteiger partial charge in [0.1, 0.15) is 6.54 Å². The molecule has 1 fully saturated rings. The summed E-state index contributed by atoms with van der Waals surface area (Å²) in [4.78, 5) is 15.1. The zero-order valence-electron chi connectivity index (χ0n) is 22.4. The van der Waals surface area contributed by atoms with E-state index in [1.165, 1.54) is 31.5 Å². The third-order valence-electron chi connectivity index (χ3n) is 8.45. The van der Waals surface area contributed by atoms with Gasteiger partial charge in [0.15, 0.2) is 29.2 Å². The second-order valence-electron chi connectivity index (χ2n) is 11.0. The number of ether oxygens (including phenoxy) is 2. The zero-order chi connectivity index (χ0) is 26.8. The third-order valence-corrected chi connectivity index (χ3v) is 8.45. The number of rotatable bonds is 8. The first-order valence-corrected chi connectivity index (χ1v) is 13.9. The van der Waals surface area contributed by atoms with E-state index in [4.69, 9.17) is 9.47 Å². The molecular formula is C33H36N2O4+2. The van der Waals surface area contributed by atoms with Crippen LogP contribution in [0.15, 0.2) is 79.0 Å². The van der Waals surface area contributed by atoms with Gasteiger partial charge in [-0.25, -0.2) is 0 Å². The van der Waals surface area contributed by atoms with E-state index < -0.39 is 0 Å². The van der Waals surface area contributed by atoms with Crippen LogP contribution in [0.5, 0.6) is 17.2 Å². The second kappa shape index (κ2) is 11.1. The number of likely N-dealkylation sites (tertiary alicyclic amines) is 1. The monoisotopic (exact) mass is 524 g/mol. The molecule has 3 aromatic carbocycles. The van der Waals surface area contributed by atoms with Crippen molar-refractivity contribution >= 4 is 16.7 Å². The number of aromatic hydroxyl groups is 1. The SMILES string of the molecule is COc1cc2c(cc1OC[n+]1cccc3cccc(O)c31)C(=O)C(CC1CC[NH+](Cc3ccccc3)CC1)C2. The van der Waals surface area contributed by atoms with E-state index in [2.05, 4.69) is 30.3 Å². The normalized spacial score (nSPS) is 20.6. The number of fused-ring (bicyclic) bond motifs is 2. The van der Waals surface area contributed by atoms with Crippen molar-refractivity contribution in [2.45, 2.75) is 39.0 Å². The highest BCUT2D eigenvalue weighted by atomic mass is 16.5. The fraction of sp³-hybridized carbons (Fsp3) is 0.333. The maximum atomic E-state index is 13.5. The quantitative estimate of drug-likeness (QED) is 0.341. The van der Waals surface area contributed by atoms with Crippen LogP contribution in [0.25, 0.3) is 10.9 Å². The molecule has 2 heterocycles. The van der Waals surface area contributed by atoms with Crippen molar-refractivity contribution in [2.24, 2.45) is 11.8 Å². The molecule has 0 amide bonds. The van der Waals surface area contributed by atoms with E-state index in [0.29, 0.717) is 22.9 Å². The molecular weight excluding hydrogens is 488 g/mol. The first-order chi connectivity index (χ1) is 19.1. The molecule has 0 radical (unpaired) electrons. The first-order valence-electron chi connectivity index (χ1n) is 13.9. The first kappa shape index (κ1) is 25.4. The van der Waals surface area contributed by atoms with Crippen LogP contribution in [0, 0.1) is 11.8 Å². The van der Waals surface area contributed by atoms with Crippen LogP contribution in [-0.4, -0.2) is 31.1 Å². The minimum Gasteiger partial charge on any atom is -0.502 e. The molecule has 6 heteroatoms. The van der Waals surface area contributed by atoms with E-state index >= 15 is 0 Å². The standard InChI is InChI=1S/C33H34N2O4/c1-38-30-19-26-18-27(17-23-12-15-34(16-13-23)21-24-7-3-2-4-8-24)33(37)28(26)20-31(30)39-22-35-14-6-10-25-9-5-11-29(36)32(25)35/h2-11,14,19-20,23,27H,12-13,15-18,21-22H2,1H3/p+2. The molecule has 1 saturated heterocycles. The fourth-order valence-electron chi connectivity index (χ4n) is 6.39. The van der Waals surface area contributed by atoms with Gasteiger partial charge in [0, 0.05) is 23.1 Å². The van der Waals surface area contributed by atoms with Crippen LogP contribution in [0.2, 0.25) is 0 Å². The number of phenols is 1. The lowest BCUT2D eigenvalue weighted by molar-refractivity contribution is -0.919. The number of pyridine rings is 1. The summed E-state index contributed by atoms with van der Waals surface area (Å²) >= 11 is 0. The van der Waals surface area contributed by atoms with Crippen molar-refractivity contribution < 1.29 is 28.8 Å². The number of Topliss-reactive ketones (excluding diaryl/α,β-unsaturated/α-hetero) is 1. The van der Waals surface area contributed by atoms with Gasteiger partial charge >= 0.3 is 0 Å². The predicted molar refractivity (Wildman–Crippen MR) is 149 cm³/mol. The number of phenolic OH excluding ortho intramolecular Hbond substituents is 1. The van der Waals surface area contributed by atoms with Gasteiger partial charge in [0.2, 0.25) is 0 Å². The number of carbonyl (C=O) groups excluding carboxylic acids is 1. The Morgan fingerprint density at radius 3 is 2.56 bits per heavy atom. The molecule has 1 atom stereocenters. The molecule has 1 aliphatic carbocycles. The van der Waals surface area contributed by atoms with E-state index in [1.807, 2.05) is 47.2 Å². The number of nitrogens with zero attached hydrogens (tertiary/aromatic N) is 1. The maximum Gasteiger partial charge on any atom is 0.292 e. The lowest BCUT2D eigenvalue weighted by atomic mass is 9.85. The Hall–Kier alpha value is -3.90. The van der Waals surface area contributed by atoms with E-state index in [9.17, 15) is 9.90 Å². The largest absolute Gasteiger partial charge is 0.502 e. The van der Waals surface area contributed by atoms with Crippen LogP contribution in [0.3, 0.4) is 0 Å². The number of hydrogen-bond donors (Lipinski definition) is 2. The summed E-state index contributed by atoms with van der Waals surface area (Å²) < 4.78 is 13.7. The molecule has 0 bridgehead atoms. The highest BCUT2D eigenvalue weighted by Gasteiger charge is 2.35. The van der Waals surface area contributed by atoms with Gasteiger partial charge in [-0.15, -0.1) is 0 Å². The van der Waals surface area contributed by atoms with Crippen molar-refractivity contribution in [3.63, 3.8) is 0 Å². The summed E-state index contributed by atoms with van der Waals surface area (Å²) in [5, 5.41) is 11.3. The second-order valence-corrected chi connectivity index (χ2v) is 11.0. The van der Waals surface area contributed by atoms with Gasteiger partial charge < -0.3 is 19.5 Å². The predicted octanol–water partition coefficient (Wildman–Crippen LogP) is 4.12. The minimum atomic E-state index is 0.0324. The van der Waals surface area contributed by atoms with Crippen molar-refractivity contribution in [1.82, 2.24) is 0 Å². The summed E-state index contributed by atoms with van der Waals surface area (Å²) in [5.74, 6) is 2.23. The van der Waals surface area contributed by atoms with Gasteiger partial charge in [-0.05, 0) is 67.5 Å². The number of methoxy groups -OCH3 is 1. The van der Waals surface area contributed by atoms with Gasteiger partial charge in [-0.1, -0.05) is 36.4 Å². The molecule has 1 aliphatic heterocycles. The fourth-order valence-corrected chi connectivity index (χ4v) is 6.39. The van der Waals surface area contributed by atoms with E-state index in [1.54, 1.807) is 18.1 Å². The average Bonchev–Trinajstić information content (AvgIpc) is 3.26. The molecule has 6 rings (SSSR count). The van der Waals surface area contributed by atoms with Crippen molar-refractivity contribution in [3.05, 3.63) is 95.7 Å². The molecule has 2 aliphatic rings. The Morgan fingerprint density at radius 2 is 1.77 bits per heavy atom. The summed E-state index contributed by atoms with van der Waals surface area (Å²) in [6, 6.07) is 23.9. The van der Waals surface area contributed by atoms with Gasteiger partial charge in [-0.2, -0.15) is 4.57 Å². The number of benzene rings is 3. The number of piperidine rings is 1. The summed E-state index contributed by atoms with van der Waals surface area (Å²) in [7, 11) is 1.63. The Labute approximate surface area is 229 Å². The van der Waals surface area contributed by atoms with Crippen molar-refractivity contribution in [2.75, 3.05) is 20.2 Å². The summed E-state index contributed by atoms with van der Waals surface area (Å²) in [6.45, 7) is 3.60. The lowest BCUT2D eigenvalue weighted by Gasteiger charge is -2.30. The molecule has 1 unspecified atom stereocenters. The molecule has 2 N–H and O–H groups in total. The summed E-state index contributed by atoms with van der Waals surface area (Å²) in [6.07, 6.45) is 5.95. The molecule has 0 spiro atoms. The number of para-hydroxylation sites is 1. The minimum absolute atomic E-state index is 0.0324. The van der Waals surface area contributed by atoms with Crippen LogP contribution in [-0.2, 0) is 19.7 Å². The highest BCUT2D eigenvalue weighted by Crippen LogP contribution is 2.39. The number of ketones is 1. The number of hydrogen-bond acceptors (Lipinski definition) is 4.